The van der Waals surface area contributed by atoms with Crippen molar-refractivity contribution in [2.24, 2.45) is 4.99 Å². The quantitative estimate of drug-likeness (QED) is 0.545. The maximum Gasteiger partial charge on any atom is 0.242 e. The average molecular weight is 488 g/mol. The summed E-state index contributed by atoms with van der Waals surface area (Å²) in [6.07, 6.45) is 2.91. The Morgan fingerprint density at radius 1 is 1.21 bits per heavy atom. The average Bonchev–Trinajstić information content (AvgIpc) is 3.14. The van der Waals surface area contributed by atoms with E-state index in [4.69, 9.17) is 16.3 Å². The molecule has 0 radical (unpaired) electrons. The Morgan fingerprint density at radius 2 is 2.00 bits per heavy atom. The summed E-state index contributed by atoms with van der Waals surface area (Å²) < 4.78 is 5.83. The molecule has 1 aromatic carbocycles. The number of halogens is 1. The second kappa shape index (κ2) is 10.3. The van der Waals surface area contributed by atoms with Gasteiger partial charge in [0, 0.05) is 39.0 Å². The third kappa shape index (κ3) is 4.96. The molecule has 11 nitrogen and oxygen atoms in total. The van der Waals surface area contributed by atoms with Crippen molar-refractivity contribution in [1.82, 2.24) is 19.8 Å². The van der Waals surface area contributed by atoms with Gasteiger partial charge in [0.05, 0.1) is 22.9 Å². The number of nitrogens with one attached hydrogen (secondary N) is 2. The molecule has 2 aromatic rings. The monoisotopic (exact) mass is 487 g/mol. The zero-order chi connectivity index (χ0) is 24.2. The summed E-state index contributed by atoms with van der Waals surface area (Å²) in [4.78, 5) is 41.8. The summed E-state index contributed by atoms with van der Waals surface area (Å²) in [5, 5.41) is 16.2. The number of aliphatic imine (C=N–C) groups is 1. The summed E-state index contributed by atoms with van der Waals surface area (Å²) >= 11 is 6.28. The third-order valence-electron chi connectivity index (χ3n) is 5.81. The second-order valence-corrected chi connectivity index (χ2v) is 8.47. The Labute approximate surface area is 201 Å². The van der Waals surface area contributed by atoms with Crippen LogP contribution in [0.2, 0.25) is 5.02 Å². The number of anilines is 2. The smallest absolute Gasteiger partial charge is 0.242 e. The normalized spacial score (nSPS) is 21.7. The SMILES string of the molecule is CN1CCNc2ncnc3c2C(C=Nc2ccc(Cl)c(c2)OCCN(C)[C@H](CO)C1=O)C(=O)N3. The number of hydrogen-bond donors (Lipinski definition) is 3. The van der Waals surface area contributed by atoms with Gasteiger partial charge in [0.15, 0.2) is 0 Å². The minimum atomic E-state index is -0.714. The van der Waals surface area contributed by atoms with Crippen LogP contribution >= 0.6 is 11.6 Å². The van der Waals surface area contributed by atoms with E-state index >= 15 is 0 Å². The molecule has 2 aliphatic rings. The number of ether oxygens (including phenoxy) is 1. The standard InChI is InChI=1S/C22H26ClN7O4/c1-29-7-8-34-17-9-13(3-4-15(17)23)25-10-14-18-19(26-12-27-20(18)28-21(14)32)24-5-6-30(2)22(33)16(29)11-31/h3-4,9-10,12,14,16,31H,5-8,11H2,1-2H3,(H2,24,26,27,28,32)/t14?,16-/m1/s1. The first-order chi connectivity index (χ1) is 16.4. The van der Waals surface area contributed by atoms with Gasteiger partial charge in [-0.1, -0.05) is 11.6 Å². The predicted octanol–water partition coefficient (Wildman–Crippen LogP) is 1.12. The van der Waals surface area contributed by atoms with Crippen LogP contribution in [0, 0.1) is 0 Å². The number of carbonyl (C=O) groups excluding carboxylic acids is 2. The topological polar surface area (TPSA) is 132 Å². The molecule has 0 aliphatic carbocycles. The van der Waals surface area contributed by atoms with Gasteiger partial charge >= 0.3 is 0 Å². The summed E-state index contributed by atoms with van der Waals surface area (Å²) in [7, 11) is 3.43. The summed E-state index contributed by atoms with van der Waals surface area (Å²) in [5.41, 5.74) is 1.15. The van der Waals surface area contributed by atoms with Crippen molar-refractivity contribution in [2.45, 2.75) is 12.0 Å². The van der Waals surface area contributed by atoms with Gasteiger partial charge < -0.3 is 25.4 Å². The van der Waals surface area contributed by atoms with E-state index in [1.165, 1.54) is 6.33 Å². The molecule has 34 heavy (non-hydrogen) atoms. The Balaban J connectivity index is 1.68. The van der Waals surface area contributed by atoms with Crippen LogP contribution in [0.4, 0.5) is 17.3 Å². The van der Waals surface area contributed by atoms with Crippen molar-refractivity contribution >= 4 is 47.0 Å². The number of aromatic nitrogens is 2. The van der Waals surface area contributed by atoms with Crippen molar-refractivity contribution in [3.05, 3.63) is 35.1 Å². The third-order valence-corrected chi connectivity index (χ3v) is 6.13. The van der Waals surface area contributed by atoms with E-state index in [-0.39, 0.29) is 25.0 Å². The van der Waals surface area contributed by atoms with Crippen LogP contribution in [0.25, 0.3) is 0 Å². The lowest BCUT2D eigenvalue weighted by Gasteiger charge is -2.29. The van der Waals surface area contributed by atoms with Crippen molar-refractivity contribution in [2.75, 3.05) is 57.6 Å². The molecular formula is C22H26ClN7O4. The second-order valence-electron chi connectivity index (χ2n) is 8.06. The van der Waals surface area contributed by atoms with Crippen LogP contribution in [0.1, 0.15) is 11.5 Å². The van der Waals surface area contributed by atoms with Crippen molar-refractivity contribution < 1.29 is 19.4 Å². The first-order valence-electron chi connectivity index (χ1n) is 10.8. The highest BCUT2D eigenvalue weighted by atomic mass is 35.5. The van der Waals surface area contributed by atoms with Crippen LogP contribution in [0.3, 0.4) is 0 Å². The van der Waals surface area contributed by atoms with Crippen LogP contribution < -0.4 is 15.4 Å². The summed E-state index contributed by atoms with van der Waals surface area (Å²) in [5.74, 6) is 0.157. The lowest BCUT2D eigenvalue weighted by molar-refractivity contribution is -0.136. The molecule has 2 atom stereocenters. The molecular weight excluding hydrogens is 462 g/mol. The van der Waals surface area contributed by atoms with E-state index in [2.05, 4.69) is 25.6 Å². The maximum absolute atomic E-state index is 12.9. The number of likely N-dealkylation sites (N-methyl/N-ethyl adjacent to an activating group) is 2. The fourth-order valence-corrected chi connectivity index (χ4v) is 3.98. The Bertz CT molecular complexity index is 1110. The van der Waals surface area contributed by atoms with E-state index in [9.17, 15) is 14.7 Å². The molecule has 1 aromatic heterocycles. The lowest BCUT2D eigenvalue weighted by Crippen LogP contribution is -2.50. The molecule has 180 valence electrons. The number of amides is 2. The van der Waals surface area contributed by atoms with Gasteiger partial charge in [0.2, 0.25) is 11.8 Å². The molecule has 0 saturated carbocycles. The Hall–Kier alpha value is -3.28. The zero-order valence-corrected chi connectivity index (χ0v) is 19.6. The van der Waals surface area contributed by atoms with Gasteiger partial charge in [-0.15, -0.1) is 0 Å². The number of rotatable bonds is 1. The van der Waals surface area contributed by atoms with E-state index in [0.717, 1.165) is 0 Å². The molecule has 0 fully saturated rings. The van der Waals surface area contributed by atoms with Gasteiger partial charge in [-0.2, -0.15) is 0 Å². The molecule has 2 amide bonds. The van der Waals surface area contributed by atoms with Gasteiger partial charge in [-0.05, 0) is 19.2 Å². The number of carbonyl (C=O) groups is 2. The highest BCUT2D eigenvalue weighted by molar-refractivity contribution is 6.32. The summed E-state index contributed by atoms with van der Waals surface area (Å²) in [6.45, 7) is 1.06. The van der Waals surface area contributed by atoms with E-state index in [1.807, 2.05) is 0 Å². The van der Waals surface area contributed by atoms with Gasteiger partial charge in [-0.3, -0.25) is 19.5 Å². The number of benzene rings is 1. The molecule has 2 bridgehead atoms. The first kappa shape index (κ1) is 23.9. The Morgan fingerprint density at radius 3 is 2.79 bits per heavy atom. The number of aliphatic hydroxyl groups excluding tert-OH is 1. The van der Waals surface area contributed by atoms with Crippen LogP contribution in [-0.4, -0.2) is 95.9 Å². The molecule has 1 unspecified atom stereocenters. The largest absolute Gasteiger partial charge is 0.491 e. The first-order valence-corrected chi connectivity index (χ1v) is 11.2. The molecule has 0 spiro atoms. The molecule has 12 heteroatoms. The number of fused-ring (bicyclic) bond motifs is 2. The lowest BCUT2D eigenvalue weighted by atomic mass is 10.0. The Kier molecular flexibility index (Phi) is 7.25. The van der Waals surface area contributed by atoms with Crippen molar-refractivity contribution in [3.8, 4) is 5.75 Å². The molecule has 3 heterocycles. The zero-order valence-electron chi connectivity index (χ0n) is 18.9. The fourth-order valence-electron chi connectivity index (χ4n) is 3.81. The van der Waals surface area contributed by atoms with Crippen molar-refractivity contribution in [1.29, 1.82) is 0 Å². The van der Waals surface area contributed by atoms with E-state index in [1.54, 1.807) is 48.3 Å². The maximum atomic E-state index is 12.9. The number of nitrogens with zero attached hydrogens (tertiary/aromatic N) is 5. The molecule has 4 rings (SSSR count). The van der Waals surface area contributed by atoms with Crippen LogP contribution in [0.5, 0.6) is 5.75 Å². The van der Waals surface area contributed by atoms with Gasteiger partial charge in [0.25, 0.3) is 0 Å². The minimum absolute atomic E-state index is 0.220. The molecule has 3 N–H and O–H groups in total. The number of aliphatic hydroxyl groups is 1. The van der Waals surface area contributed by atoms with E-state index in [0.29, 0.717) is 53.3 Å². The van der Waals surface area contributed by atoms with Gasteiger partial charge in [-0.25, -0.2) is 9.97 Å². The number of hydrogen-bond acceptors (Lipinski definition) is 9. The predicted molar refractivity (Wildman–Crippen MR) is 128 cm³/mol. The highest BCUT2D eigenvalue weighted by Crippen LogP contribution is 2.35. The van der Waals surface area contributed by atoms with Crippen LogP contribution in [0.15, 0.2) is 29.5 Å². The van der Waals surface area contributed by atoms with Crippen LogP contribution in [-0.2, 0) is 9.59 Å². The highest BCUT2D eigenvalue weighted by Gasteiger charge is 2.34. The minimum Gasteiger partial charge on any atom is -0.491 e. The molecule has 0 saturated heterocycles. The fraction of sp³-hybridized carbons (Fsp3) is 0.409. The van der Waals surface area contributed by atoms with Crippen molar-refractivity contribution in [3.63, 3.8) is 0 Å². The molecule has 2 aliphatic heterocycles. The van der Waals surface area contributed by atoms with Gasteiger partial charge in [0.1, 0.15) is 42.3 Å². The summed E-state index contributed by atoms with van der Waals surface area (Å²) in [6, 6.07) is 4.35. The van der Waals surface area contributed by atoms with E-state index < -0.39 is 12.0 Å².